The van der Waals surface area contributed by atoms with Gasteiger partial charge < -0.3 is 14.6 Å². The number of carbonyl (C=O) groups is 4. The van der Waals surface area contributed by atoms with Crippen molar-refractivity contribution in [2.75, 3.05) is 20.6 Å². The fourth-order valence-electron chi connectivity index (χ4n) is 2.75. The molecule has 0 aromatic carbocycles. The highest BCUT2D eigenvalue weighted by molar-refractivity contribution is 5.87. The first-order valence-corrected chi connectivity index (χ1v) is 9.24. The number of hydrogen-bond donors (Lipinski definition) is 1. The molecule has 0 fully saturated rings. The van der Waals surface area contributed by atoms with E-state index in [2.05, 4.69) is 5.32 Å². The van der Waals surface area contributed by atoms with E-state index < -0.39 is 11.7 Å². The summed E-state index contributed by atoms with van der Waals surface area (Å²) in [4.78, 5) is 50.8. The van der Waals surface area contributed by atoms with Gasteiger partial charge in [0.15, 0.2) is 11.9 Å². The van der Waals surface area contributed by atoms with Crippen LogP contribution in [0.5, 0.6) is 0 Å². The third-order valence-corrected chi connectivity index (χ3v) is 4.43. The van der Waals surface area contributed by atoms with Gasteiger partial charge in [-0.05, 0) is 24.7 Å². The molecule has 0 radical (unpaired) electrons. The van der Waals surface area contributed by atoms with Crippen LogP contribution in [-0.2, 0) is 19.2 Å². The van der Waals surface area contributed by atoms with Crippen molar-refractivity contribution in [1.82, 2.24) is 15.1 Å². The molecule has 0 rings (SSSR count). The zero-order valence-corrected chi connectivity index (χ0v) is 17.2. The number of hydrogen-bond acceptors (Lipinski definition) is 5. The Kier molecular flexibility index (Phi) is 10.3. The molecule has 0 spiro atoms. The standard InChI is InChI=1S/C19H35N3O4/c1-8-9-17(25)21(6)11-18(26)22(7)19(13-24,10-14(2)3)20-16(12-23)15(4)5/h12-16,20H,8-11H2,1-7H3. The van der Waals surface area contributed by atoms with Crippen LogP contribution in [0.2, 0.25) is 0 Å². The first-order chi connectivity index (χ1) is 12.0. The molecule has 0 bridgehead atoms. The lowest BCUT2D eigenvalue weighted by atomic mass is 9.93. The fourth-order valence-corrected chi connectivity index (χ4v) is 2.75. The van der Waals surface area contributed by atoms with Gasteiger partial charge in [0.2, 0.25) is 11.8 Å². The molecule has 7 nitrogen and oxygen atoms in total. The van der Waals surface area contributed by atoms with Crippen LogP contribution >= 0.6 is 0 Å². The molecule has 0 heterocycles. The molecule has 2 atom stereocenters. The van der Waals surface area contributed by atoms with Gasteiger partial charge in [-0.25, -0.2) is 0 Å². The lowest BCUT2D eigenvalue weighted by Crippen LogP contribution is -2.65. The average molecular weight is 370 g/mol. The molecule has 0 aromatic heterocycles. The van der Waals surface area contributed by atoms with Crippen molar-refractivity contribution >= 4 is 24.4 Å². The predicted octanol–water partition coefficient (Wildman–Crippen LogP) is 1.46. The van der Waals surface area contributed by atoms with Gasteiger partial charge in [-0.2, -0.15) is 0 Å². The van der Waals surface area contributed by atoms with Gasteiger partial charge in [0.25, 0.3) is 0 Å². The Bertz CT molecular complexity index is 493. The summed E-state index contributed by atoms with van der Waals surface area (Å²) in [5, 5.41) is 3.07. The number of carbonyl (C=O) groups excluding carboxylic acids is 4. The topological polar surface area (TPSA) is 86.8 Å². The van der Waals surface area contributed by atoms with Gasteiger partial charge in [0.05, 0.1) is 12.6 Å². The first kappa shape index (κ1) is 24.2. The molecule has 0 aliphatic rings. The van der Waals surface area contributed by atoms with Crippen molar-refractivity contribution < 1.29 is 19.2 Å². The Morgan fingerprint density at radius 2 is 1.65 bits per heavy atom. The normalized spacial score (nSPS) is 14.7. The van der Waals surface area contributed by atoms with Crippen LogP contribution in [0.3, 0.4) is 0 Å². The third-order valence-electron chi connectivity index (χ3n) is 4.43. The highest BCUT2D eigenvalue weighted by atomic mass is 16.2. The van der Waals surface area contributed by atoms with Crippen LogP contribution in [0.15, 0.2) is 0 Å². The van der Waals surface area contributed by atoms with E-state index in [4.69, 9.17) is 0 Å². The maximum absolute atomic E-state index is 12.7. The van der Waals surface area contributed by atoms with Crippen LogP contribution in [0.4, 0.5) is 0 Å². The third kappa shape index (κ3) is 6.86. The number of likely N-dealkylation sites (N-methyl/N-ethyl adjacent to an activating group) is 2. The van der Waals surface area contributed by atoms with E-state index in [1.165, 1.54) is 16.8 Å². The Labute approximate surface area is 157 Å². The summed E-state index contributed by atoms with van der Waals surface area (Å²) < 4.78 is 0. The summed E-state index contributed by atoms with van der Waals surface area (Å²) >= 11 is 0. The average Bonchev–Trinajstić information content (AvgIpc) is 2.57. The van der Waals surface area contributed by atoms with Crippen LogP contribution < -0.4 is 5.32 Å². The van der Waals surface area contributed by atoms with Gasteiger partial charge in [0, 0.05) is 20.5 Å². The molecule has 0 saturated heterocycles. The summed E-state index contributed by atoms with van der Waals surface area (Å²) in [6, 6.07) is -0.561. The molecule has 0 aliphatic carbocycles. The maximum atomic E-state index is 12.7. The maximum Gasteiger partial charge on any atom is 0.243 e. The monoisotopic (exact) mass is 369 g/mol. The molecule has 150 valence electrons. The lowest BCUT2D eigenvalue weighted by molar-refractivity contribution is -0.147. The SMILES string of the molecule is CCCC(=O)N(C)CC(=O)N(C)C(C=O)(CC(C)C)NC(C=O)C(C)C. The number of nitrogens with zero attached hydrogens (tertiary/aromatic N) is 2. The molecule has 26 heavy (non-hydrogen) atoms. The van der Waals surface area contributed by atoms with Crippen molar-refractivity contribution in [3.8, 4) is 0 Å². The van der Waals surface area contributed by atoms with Crippen molar-refractivity contribution in [1.29, 1.82) is 0 Å². The van der Waals surface area contributed by atoms with Crippen LogP contribution in [-0.4, -0.2) is 66.5 Å². The van der Waals surface area contributed by atoms with Crippen LogP contribution in [0.1, 0.15) is 53.9 Å². The van der Waals surface area contributed by atoms with Gasteiger partial charge in [-0.1, -0.05) is 34.6 Å². The van der Waals surface area contributed by atoms with E-state index in [0.717, 1.165) is 6.29 Å². The van der Waals surface area contributed by atoms with Gasteiger partial charge in [0.1, 0.15) is 6.29 Å². The quantitative estimate of drug-likeness (QED) is 0.416. The minimum absolute atomic E-state index is 0.0312. The van der Waals surface area contributed by atoms with E-state index in [9.17, 15) is 19.2 Å². The number of rotatable bonds is 12. The van der Waals surface area contributed by atoms with E-state index in [1.807, 2.05) is 34.6 Å². The Balaban J connectivity index is 5.52. The van der Waals surface area contributed by atoms with Crippen molar-refractivity contribution in [2.45, 2.75) is 65.6 Å². The zero-order chi connectivity index (χ0) is 20.5. The second kappa shape index (κ2) is 11.1. The van der Waals surface area contributed by atoms with Gasteiger partial charge in [-0.3, -0.25) is 19.7 Å². The van der Waals surface area contributed by atoms with Crippen LogP contribution in [0.25, 0.3) is 0 Å². The number of amides is 2. The summed E-state index contributed by atoms with van der Waals surface area (Å²) in [5.74, 6) is -0.389. The minimum atomic E-state index is -1.30. The summed E-state index contributed by atoms with van der Waals surface area (Å²) in [5.41, 5.74) is -1.30. The van der Waals surface area contributed by atoms with E-state index in [0.29, 0.717) is 25.5 Å². The zero-order valence-electron chi connectivity index (χ0n) is 17.2. The fraction of sp³-hybridized carbons (Fsp3) is 0.789. The summed E-state index contributed by atoms with van der Waals surface area (Å²) in [6.07, 6.45) is 2.89. The molecule has 0 aliphatic heterocycles. The highest BCUT2D eigenvalue weighted by Crippen LogP contribution is 2.21. The van der Waals surface area contributed by atoms with E-state index in [-0.39, 0.29) is 30.2 Å². The number of aldehydes is 2. The predicted molar refractivity (Wildman–Crippen MR) is 101 cm³/mol. The van der Waals surface area contributed by atoms with Crippen molar-refractivity contribution in [2.24, 2.45) is 11.8 Å². The summed E-state index contributed by atoms with van der Waals surface area (Å²) in [6.45, 7) is 9.42. The lowest BCUT2D eigenvalue weighted by Gasteiger charge is -2.42. The molecule has 7 heteroatoms. The molecule has 0 saturated carbocycles. The van der Waals surface area contributed by atoms with Crippen molar-refractivity contribution in [3.05, 3.63) is 0 Å². The largest absolute Gasteiger partial charge is 0.336 e. The molecule has 1 N–H and O–H groups in total. The second-order valence-electron chi connectivity index (χ2n) is 7.64. The van der Waals surface area contributed by atoms with Crippen molar-refractivity contribution in [3.63, 3.8) is 0 Å². The molecule has 2 unspecified atom stereocenters. The molecular formula is C19H35N3O4. The molecular weight excluding hydrogens is 334 g/mol. The second-order valence-corrected chi connectivity index (χ2v) is 7.64. The van der Waals surface area contributed by atoms with E-state index >= 15 is 0 Å². The van der Waals surface area contributed by atoms with E-state index in [1.54, 1.807) is 7.05 Å². The Hall–Kier alpha value is -1.76. The van der Waals surface area contributed by atoms with Gasteiger partial charge in [-0.15, -0.1) is 0 Å². The highest BCUT2D eigenvalue weighted by Gasteiger charge is 2.40. The molecule has 2 amide bonds. The van der Waals surface area contributed by atoms with Crippen LogP contribution in [0, 0.1) is 11.8 Å². The Morgan fingerprint density at radius 3 is 2.04 bits per heavy atom. The first-order valence-electron chi connectivity index (χ1n) is 9.24. The summed E-state index contributed by atoms with van der Waals surface area (Å²) in [7, 11) is 3.11. The molecule has 0 aromatic rings. The minimum Gasteiger partial charge on any atom is -0.336 e. The van der Waals surface area contributed by atoms with Gasteiger partial charge >= 0.3 is 0 Å². The smallest absolute Gasteiger partial charge is 0.243 e. The Morgan fingerprint density at radius 1 is 1.08 bits per heavy atom. The number of nitrogens with one attached hydrogen (secondary N) is 1.